The highest BCUT2D eigenvalue weighted by Gasteiger charge is 2.29. The van der Waals surface area contributed by atoms with Gasteiger partial charge in [0.1, 0.15) is 12.4 Å². The lowest BCUT2D eigenvalue weighted by Gasteiger charge is -2.43. The summed E-state index contributed by atoms with van der Waals surface area (Å²) in [6.45, 7) is 13.0. The molecule has 0 bridgehead atoms. The Morgan fingerprint density at radius 3 is 2.59 bits per heavy atom. The van der Waals surface area contributed by atoms with Crippen LogP contribution in [0.3, 0.4) is 0 Å². The van der Waals surface area contributed by atoms with Gasteiger partial charge in [-0.1, -0.05) is 6.08 Å². The fourth-order valence-electron chi connectivity index (χ4n) is 5.83. The van der Waals surface area contributed by atoms with Gasteiger partial charge in [0.05, 0.1) is 30.5 Å². The Labute approximate surface area is 229 Å². The van der Waals surface area contributed by atoms with E-state index in [9.17, 15) is 5.26 Å². The average Bonchev–Trinajstić information content (AvgIpc) is 3.41. The molecule has 3 aliphatic rings. The molecule has 1 N–H and O–H groups in total. The molecule has 0 aliphatic carbocycles. The predicted octanol–water partition coefficient (Wildman–Crippen LogP) is 4.14. The van der Waals surface area contributed by atoms with E-state index in [1.165, 1.54) is 17.6 Å². The van der Waals surface area contributed by atoms with Crippen LogP contribution in [0.15, 0.2) is 55.4 Å². The molecule has 3 saturated heterocycles. The van der Waals surface area contributed by atoms with E-state index in [4.69, 9.17) is 4.74 Å². The van der Waals surface area contributed by atoms with Crippen molar-refractivity contribution in [2.75, 3.05) is 61.1 Å². The molecule has 3 aliphatic heterocycles. The summed E-state index contributed by atoms with van der Waals surface area (Å²) >= 11 is 0. The van der Waals surface area contributed by atoms with Crippen LogP contribution in [0.2, 0.25) is 0 Å². The summed E-state index contributed by atoms with van der Waals surface area (Å²) in [6.07, 6.45) is 5.63. The summed E-state index contributed by atoms with van der Waals surface area (Å²) in [4.78, 5) is 20.6. The van der Waals surface area contributed by atoms with E-state index in [2.05, 4.69) is 72.7 Å². The summed E-state index contributed by atoms with van der Waals surface area (Å²) in [5, 5.41) is 13.2. The van der Waals surface area contributed by atoms with E-state index in [0.29, 0.717) is 23.4 Å². The van der Waals surface area contributed by atoms with Crippen LogP contribution in [0, 0.1) is 18.3 Å². The van der Waals surface area contributed by atoms with Crippen LogP contribution in [0.5, 0.6) is 0 Å². The van der Waals surface area contributed by atoms with E-state index in [1.807, 2.05) is 24.3 Å². The lowest BCUT2D eigenvalue weighted by atomic mass is 10.1. The quantitative estimate of drug-likeness (QED) is 0.460. The second-order valence-corrected chi connectivity index (χ2v) is 10.5. The first-order chi connectivity index (χ1) is 19.1. The molecule has 0 saturated carbocycles. The Bertz CT molecular complexity index is 1390. The smallest absolute Gasteiger partial charge is 0.230 e. The standard InChI is InChI=1S/C30H34N8O/c1-3-25-5-4-10-38(25)28-8-6-22(16-23(28)17-31)29-32-20-33-30(35-29)34-24-7-9-27(21(2)15-24)37-13-11-36(12-14-37)26-18-39-19-26/h3,6-9,15-16,20,25-26H,1,4-5,10-14,18-19H2,2H3,(H,32,33,34,35)/t25-/m0/s1. The van der Waals surface area contributed by atoms with Gasteiger partial charge in [-0.25, -0.2) is 9.97 Å². The number of benzene rings is 2. The van der Waals surface area contributed by atoms with E-state index in [-0.39, 0.29) is 6.04 Å². The molecule has 6 rings (SSSR count). The number of rotatable bonds is 7. The fourth-order valence-corrected chi connectivity index (χ4v) is 5.83. The third-order valence-electron chi connectivity index (χ3n) is 8.07. The van der Waals surface area contributed by atoms with E-state index < -0.39 is 0 Å². The first-order valence-electron chi connectivity index (χ1n) is 13.7. The van der Waals surface area contributed by atoms with Crippen molar-refractivity contribution in [1.29, 1.82) is 5.26 Å². The molecule has 1 aromatic heterocycles. The number of aryl methyl sites for hydroxylation is 1. The predicted molar refractivity (Wildman–Crippen MR) is 153 cm³/mol. The number of nitriles is 1. The van der Waals surface area contributed by atoms with Crippen molar-refractivity contribution in [2.45, 2.75) is 31.8 Å². The number of nitrogens with zero attached hydrogens (tertiary/aromatic N) is 7. The second kappa shape index (κ2) is 11.0. The molecular weight excluding hydrogens is 488 g/mol. The minimum atomic E-state index is 0.262. The van der Waals surface area contributed by atoms with E-state index in [0.717, 1.165) is 75.7 Å². The normalized spacial score (nSPS) is 19.9. The highest BCUT2D eigenvalue weighted by Crippen LogP contribution is 2.32. The van der Waals surface area contributed by atoms with Crippen LogP contribution >= 0.6 is 0 Å². The van der Waals surface area contributed by atoms with E-state index >= 15 is 0 Å². The number of ether oxygens (including phenoxy) is 1. The molecule has 9 heteroatoms. The number of hydrogen-bond acceptors (Lipinski definition) is 9. The van der Waals surface area contributed by atoms with Crippen LogP contribution in [0.25, 0.3) is 11.4 Å². The summed E-state index contributed by atoms with van der Waals surface area (Å²) in [5.41, 5.74) is 5.74. The van der Waals surface area contributed by atoms with Crippen LogP contribution in [-0.2, 0) is 4.74 Å². The van der Waals surface area contributed by atoms with Crippen molar-refractivity contribution < 1.29 is 4.74 Å². The lowest BCUT2D eigenvalue weighted by Crippen LogP contribution is -2.56. The third-order valence-corrected chi connectivity index (χ3v) is 8.07. The first-order valence-corrected chi connectivity index (χ1v) is 13.7. The Morgan fingerprint density at radius 2 is 1.87 bits per heavy atom. The molecular formula is C30H34N8O. The van der Waals surface area contributed by atoms with E-state index in [1.54, 1.807) is 0 Å². The third kappa shape index (κ3) is 5.18. The minimum Gasteiger partial charge on any atom is -0.378 e. The van der Waals surface area contributed by atoms with Crippen LogP contribution < -0.4 is 15.1 Å². The minimum absolute atomic E-state index is 0.262. The van der Waals surface area contributed by atoms with Gasteiger partial charge in [-0.15, -0.1) is 6.58 Å². The van der Waals surface area contributed by atoms with Gasteiger partial charge in [-0.05, 0) is 61.7 Å². The monoisotopic (exact) mass is 522 g/mol. The maximum atomic E-state index is 9.87. The Morgan fingerprint density at radius 1 is 1.05 bits per heavy atom. The van der Waals surface area contributed by atoms with Gasteiger partial charge in [-0.2, -0.15) is 10.2 Å². The summed E-state index contributed by atoms with van der Waals surface area (Å²) in [6, 6.07) is 15.4. The fraction of sp³-hybridized carbons (Fsp3) is 0.400. The molecule has 39 heavy (non-hydrogen) atoms. The molecule has 0 amide bonds. The molecule has 1 atom stereocenters. The van der Waals surface area contributed by atoms with Gasteiger partial charge in [0.25, 0.3) is 0 Å². The molecule has 4 heterocycles. The first kappa shape index (κ1) is 25.3. The lowest BCUT2D eigenvalue weighted by molar-refractivity contribution is -0.0660. The van der Waals surface area contributed by atoms with Crippen LogP contribution in [-0.4, -0.2) is 77.9 Å². The van der Waals surface area contributed by atoms with Crippen molar-refractivity contribution in [1.82, 2.24) is 19.9 Å². The Hall–Kier alpha value is -4.00. The highest BCUT2D eigenvalue weighted by atomic mass is 16.5. The number of nitrogens with one attached hydrogen (secondary N) is 1. The van der Waals surface area contributed by atoms with Crippen molar-refractivity contribution in [3.63, 3.8) is 0 Å². The number of piperazine rings is 1. The SMILES string of the molecule is C=C[C@H]1CCCN1c1ccc(-c2ncnc(Nc3ccc(N4CCN(C5COC5)CC4)c(C)c3)n2)cc1C#N. The van der Waals surface area contributed by atoms with Gasteiger partial charge < -0.3 is 19.9 Å². The molecule has 2 aromatic carbocycles. The molecule has 0 unspecified atom stereocenters. The van der Waals surface area contributed by atoms with Gasteiger partial charge >= 0.3 is 0 Å². The largest absolute Gasteiger partial charge is 0.378 e. The Kier molecular flexibility index (Phi) is 7.14. The summed E-state index contributed by atoms with van der Waals surface area (Å²) in [7, 11) is 0. The van der Waals surface area contributed by atoms with Gasteiger partial charge in [-0.3, -0.25) is 4.90 Å². The topological polar surface area (TPSA) is 93.4 Å². The molecule has 9 nitrogen and oxygen atoms in total. The maximum Gasteiger partial charge on any atom is 0.230 e. The highest BCUT2D eigenvalue weighted by molar-refractivity contribution is 5.70. The summed E-state index contributed by atoms with van der Waals surface area (Å²) < 4.78 is 5.36. The number of aromatic nitrogens is 3. The van der Waals surface area contributed by atoms with Gasteiger partial charge in [0.15, 0.2) is 5.82 Å². The van der Waals surface area contributed by atoms with Crippen LogP contribution in [0.4, 0.5) is 23.0 Å². The second-order valence-electron chi connectivity index (χ2n) is 10.5. The molecule has 0 spiro atoms. The van der Waals surface area contributed by atoms with Crippen molar-refractivity contribution in [3.05, 3.63) is 66.5 Å². The number of anilines is 4. The van der Waals surface area contributed by atoms with Crippen LogP contribution in [0.1, 0.15) is 24.0 Å². The zero-order chi connectivity index (χ0) is 26.8. The molecule has 3 fully saturated rings. The molecule has 0 radical (unpaired) electrons. The van der Waals surface area contributed by atoms with Crippen molar-refractivity contribution in [2.24, 2.45) is 0 Å². The zero-order valence-corrected chi connectivity index (χ0v) is 22.4. The molecule has 200 valence electrons. The molecule has 3 aromatic rings. The Balaban J connectivity index is 1.15. The average molecular weight is 523 g/mol. The van der Waals surface area contributed by atoms with Crippen molar-refractivity contribution >= 4 is 23.0 Å². The summed E-state index contributed by atoms with van der Waals surface area (Å²) in [5.74, 6) is 0.998. The van der Waals surface area contributed by atoms with Gasteiger partial charge in [0.2, 0.25) is 5.95 Å². The maximum absolute atomic E-state index is 9.87. The number of hydrogen-bond donors (Lipinski definition) is 1. The van der Waals surface area contributed by atoms with Gasteiger partial charge in [0, 0.05) is 55.7 Å². The zero-order valence-electron chi connectivity index (χ0n) is 22.4. The van der Waals surface area contributed by atoms with Crippen molar-refractivity contribution in [3.8, 4) is 17.5 Å².